The van der Waals surface area contributed by atoms with Crippen LogP contribution in [0, 0.1) is 0 Å². The van der Waals surface area contributed by atoms with Gasteiger partial charge in [-0.15, -0.1) is 0 Å². The minimum Gasteiger partial charge on any atom is -0.434 e. The minimum atomic E-state index is 0.501. The molecule has 0 fully saturated rings. The van der Waals surface area contributed by atoms with E-state index in [0.717, 1.165) is 33.4 Å². The second kappa shape index (κ2) is 10.1. The highest BCUT2D eigenvalue weighted by Crippen LogP contribution is 2.43. The molecule has 1 aliphatic heterocycles. The van der Waals surface area contributed by atoms with Crippen molar-refractivity contribution in [2.24, 2.45) is 9.98 Å². The van der Waals surface area contributed by atoms with Crippen LogP contribution < -0.4 is 4.98 Å². The number of halogens is 2. The fourth-order valence-electron chi connectivity index (χ4n) is 4.41. The second-order valence-corrected chi connectivity index (χ2v) is 9.28. The fraction of sp³-hybridized carbons (Fsp3) is 0. The summed E-state index contributed by atoms with van der Waals surface area (Å²) in [5, 5.41) is 1.11. The third-order valence-electron chi connectivity index (χ3n) is 6.17. The third kappa shape index (κ3) is 4.44. The largest absolute Gasteiger partial charge is 0.434 e. The number of aliphatic imine (C=N–C) groups is 2. The molecule has 0 bridgehead atoms. The van der Waals surface area contributed by atoms with Crippen molar-refractivity contribution in [3.63, 3.8) is 0 Å². The smallest absolute Gasteiger partial charge is 0.0898 e. The Morgan fingerprint density at radius 1 is 0.568 bits per heavy atom. The molecule has 2 heterocycles. The van der Waals surface area contributed by atoms with E-state index in [4.69, 9.17) is 38.2 Å². The van der Waals surface area contributed by atoms with E-state index in [9.17, 15) is 0 Å². The summed E-state index contributed by atoms with van der Waals surface area (Å²) in [6, 6.07) is 39.7. The zero-order chi connectivity index (χ0) is 25.2. The van der Waals surface area contributed by atoms with E-state index >= 15 is 0 Å². The summed E-state index contributed by atoms with van der Waals surface area (Å²) in [4.78, 5) is 14.8. The van der Waals surface area contributed by atoms with Crippen molar-refractivity contribution in [3.05, 3.63) is 143 Å². The molecule has 0 saturated heterocycles. The maximum atomic E-state index is 6.98. The lowest BCUT2D eigenvalue weighted by Gasteiger charge is -2.13. The van der Waals surface area contributed by atoms with E-state index in [2.05, 4.69) is 0 Å². The molecule has 3 nitrogen and oxygen atoms in total. The van der Waals surface area contributed by atoms with Crippen LogP contribution in [0.4, 0.5) is 5.82 Å². The van der Waals surface area contributed by atoms with Crippen LogP contribution in [0.25, 0.3) is 28.0 Å². The van der Waals surface area contributed by atoms with Gasteiger partial charge in [0.05, 0.1) is 21.6 Å². The lowest BCUT2D eigenvalue weighted by molar-refractivity contribution is 1.30. The Bertz CT molecular complexity index is 1650. The number of nitrogens with zero attached hydrogens (tertiary/aromatic N) is 3. The topological polar surface area (TPSA) is 38.8 Å². The van der Waals surface area contributed by atoms with E-state index in [-0.39, 0.29) is 0 Å². The lowest BCUT2D eigenvalue weighted by atomic mass is 10.0. The van der Waals surface area contributed by atoms with Crippen molar-refractivity contribution in [1.29, 1.82) is 0 Å². The van der Waals surface area contributed by atoms with Gasteiger partial charge >= 0.3 is 0 Å². The number of amidine groups is 1. The molecule has 0 aliphatic carbocycles. The van der Waals surface area contributed by atoms with Gasteiger partial charge in [0.2, 0.25) is 0 Å². The zero-order valence-corrected chi connectivity index (χ0v) is 21.2. The Kier molecular flexibility index (Phi) is 6.32. The standard InChI is InChI=1S/C32H20Cl2N3/c33-27-25(21-13-5-1-6-14-21)31(35-29(27)23-17-9-3-10-18-23)37-32-26(22-15-7-2-8-16-22)28(34)30(36-32)24-19-11-4-12-20-24/h1-20H/q-1/b37-31-. The van der Waals surface area contributed by atoms with Crippen molar-refractivity contribution < 1.29 is 0 Å². The zero-order valence-electron chi connectivity index (χ0n) is 19.6. The molecule has 5 heteroatoms. The quantitative estimate of drug-likeness (QED) is 0.230. The normalized spacial score (nSPS) is 14.3. The van der Waals surface area contributed by atoms with Gasteiger partial charge in [-0.05, 0) is 33.8 Å². The number of allylic oxidation sites excluding steroid dienone is 1. The Balaban J connectivity index is 1.58. The summed E-state index contributed by atoms with van der Waals surface area (Å²) >= 11 is 14.0. The van der Waals surface area contributed by atoms with Gasteiger partial charge in [0, 0.05) is 11.1 Å². The number of rotatable bonds is 5. The van der Waals surface area contributed by atoms with Gasteiger partial charge in [0.15, 0.2) is 0 Å². The Labute approximate surface area is 225 Å². The number of aromatic nitrogens is 1. The Hall–Kier alpha value is -4.18. The summed E-state index contributed by atoms with van der Waals surface area (Å²) < 4.78 is 0. The average molecular weight is 517 g/mol. The molecular formula is C32H20Cl2N3-. The molecule has 0 saturated carbocycles. The van der Waals surface area contributed by atoms with Gasteiger partial charge in [-0.25, -0.2) is 0 Å². The third-order valence-corrected chi connectivity index (χ3v) is 6.90. The molecule has 0 unspecified atom stereocenters. The van der Waals surface area contributed by atoms with Crippen molar-refractivity contribution >= 4 is 46.1 Å². The van der Waals surface area contributed by atoms with E-state index in [0.29, 0.717) is 33.1 Å². The molecule has 0 amide bonds. The van der Waals surface area contributed by atoms with Gasteiger partial charge in [0.25, 0.3) is 0 Å². The van der Waals surface area contributed by atoms with Crippen LogP contribution in [0.5, 0.6) is 0 Å². The summed E-state index contributed by atoms with van der Waals surface area (Å²) in [6.45, 7) is 0. The lowest BCUT2D eigenvalue weighted by Crippen LogP contribution is -1.97. The Morgan fingerprint density at radius 3 is 1.62 bits per heavy atom. The summed E-state index contributed by atoms with van der Waals surface area (Å²) in [6.07, 6.45) is 0. The van der Waals surface area contributed by atoms with Crippen molar-refractivity contribution in [1.82, 2.24) is 4.98 Å². The first-order chi connectivity index (χ1) is 18.2. The monoisotopic (exact) mass is 516 g/mol. The SMILES string of the molecule is ClC1=C(c2ccccc2)/C(=N/c2[n-]c(-c3ccccc3)c(Cl)c2-c2ccccc2)N=C1c1ccccc1. The van der Waals surface area contributed by atoms with Crippen LogP contribution in [0.1, 0.15) is 11.1 Å². The summed E-state index contributed by atoms with van der Waals surface area (Å²) in [7, 11) is 0. The van der Waals surface area contributed by atoms with Crippen molar-refractivity contribution in [3.8, 4) is 22.4 Å². The second-order valence-electron chi connectivity index (χ2n) is 8.52. The Morgan fingerprint density at radius 2 is 1.05 bits per heavy atom. The molecule has 1 aromatic heterocycles. The van der Waals surface area contributed by atoms with Crippen molar-refractivity contribution in [2.75, 3.05) is 0 Å². The highest BCUT2D eigenvalue weighted by atomic mass is 35.5. The molecule has 6 rings (SSSR count). The predicted molar refractivity (Wildman–Crippen MR) is 155 cm³/mol. The number of hydrogen-bond acceptors (Lipinski definition) is 1. The van der Waals surface area contributed by atoms with Crippen LogP contribution in [-0.2, 0) is 0 Å². The molecule has 37 heavy (non-hydrogen) atoms. The molecule has 1 aliphatic rings. The molecule has 4 aromatic carbocycles. The summed E-state index contributed by atoms with van der Waals surface area (Å²) in [5.41, 5.74) is 6.61. The molecule has 5 aromatic rings. The molecule has 0 spiro atoms. The van der Waals surface area contributed by atoms with Gasteiger partial charge in [-0.3, -0.25) is 4.99 Å². The van der Waals surface area contributed by atoms with E-state index in [1.54, 1.807) is 0 Å². The van der Waals surface area contributed by atoms with Crippen LogP contribution in [-0.4, -0.2) is 11.5 Å². The van der Waals surface area contributed by atoms with Gasteiger partial charge in [0.1, 0.15) is 0 Å². The van der Waals surface area contributed by atoms with Crippen LogP contribution in [0.15, 0.2) is 136 Å². The number of hydrogen-bond donors (Lipinski definition) is 0. The maximum Gasteiger partial charge on any atom is 0.0898 e. The first-order valence-corrected chi connectivity index (χ1v) is 12.6. The van der Waals surface area contributed by atoms with Gasteiger partial charge < -0.3 is 9.98 Å². The van der Waals surface area contributed by atoms with Crippen LogP contribution >= 0.6 is 23.2 Å². The maximum absolute atomic E-state index is 6.98. The highest BCUT2D eigenvalue weighted by Gasteiger charge is 2.24. The number of benzene rings is 4. The van der Waals surface area contributed by atoms with E-state index in [1.165, 1.54) is 0 Å². The molecular weight excluding hydrogens is 497 g/mol. The first-order valence-electron chi connectivity index (χ1n) is 11.9. The van der Waals surface area contributed by atoms with Gasteiger partial charge in [-0.1, -0.05) is 145 Å². The average Bonchev–Trinajstić information content (AvgIpc) is 3.46. The first kappa shape index (κ1) is 23.2. The van der Waals surface area contributed by atoms with Gasteiger partial charge in [-0.2, -0.15) is 0 Å². The van der Waals surface area contributed by atoms with Crippen molar-refractivity contribution in [2.45, 2.75) is 0 Å². The van der Waals surface area contributed by atoms with E-state index in [1.807, 2.05) is 121 Å². The predicted octanol–water partition coefficient (Wildman–Crippen LogP) is 8.81. The fourth-order valence-corrected chi connectivity index (χ4v) is 5.10. The van der Waals surface area contributed by atoms with Crippen LogP contribution in [0.3, 0.4) is 0 Å². The molecule has 0 atom stereocenters. The minimum absolute atomic E-state index is 0.501. The highest BCUT2D eigenvalue weighted by molar-refractivity contribution is 6.58. The molecule has 0 N–H and O–H groups in total. The summed E-state index contributed by atoms with van der Waals surface area (Å²) in [5.74, 6) is 1.00. The molecule has 178 valence electrons. The van der Waals surface area contributed by atoms with Crippen LogP contribution in [0.2, 0.25) is 5.02 Å². The van der Waals surface area contributed by atoms with E-state index < -0.39 is 0 Å². The molecule has 0 radical (unpaired) electrons.